The summed E-state index contributed by atoms with van der Waals surface area (Å²) in [6.45, 7) is 0. The van der Waals surface area contributed by atoms with Gasteiger partial charge in [-0.05, 0) is 101 Å². The van der Waals surface area contributed by atoms with Crippen LogP contribution in [0.15, 0.2) is 182 Å². The molecule has 7 aromatic rings. The standard InChI is InChI=1S/C40H30N2/c1-5-13-35(14-6-1)41(36-15-7-2-8-16-36)39-26-23-31(24-27-39)33-22-21-32-25-28-40(30-34(32)29-33)42(37-17-9-3-10-18-37)38-19-11-4-12-20-38/h1-30H. The predicted molar refractivity (Wildman–Crippen MR) is 179 cm³/mol. The fourth-order valence-electron chi connectivity index (χ4n) is 5.56. The fraction of sp³-hybridized carbons (Fsp3) is 0. The van der Waals surface area contributed by atoms with E-state index in [9.17, 15) is 0 Å². The zero-order valence-corrected chi connectivity index (χ0v) is 23.2. The van der Waals surface area contributed by atoms with Crippen molar-refractivity contribution in [2.75, 3.05) is 9.80 Å². The molecule has 200 valence electrons. The summed E-state index contributed by atoms with van der Waals surface area (Å²) in [4.78, 5) is 4.60. The Morgan fingerprint density at radius 1 is 0.238 bits per heavy atom. The molecule has 0 spiro atoms. The van der Waals surface area contributed by atoms with E-state index in [0.29, 0.717) is 0 Å². The number of nitrogens with zero attached hydrogens (tertiary/aromatic N) is 2. The van der Waals surface area contributed by atoms with E-state index in [4.69, 9.17) is 0 Å². The molecule has 0 aromatic heterocycles. The average molecular weight is 539 g/mol. The highest BCUT2D eigenvalue weighted by Gasteiger charge is 2.14. The number of benzene rings is 7. The Bertz CT molecular complexity index is 1820. The van der Waals surface area contributed by atoms with Crippen molar-refractivity contribution in [3.05, 3.63) is 182 Å². The molecule has 0 fully saturated rings. The molecule has 0 amide bonds. The van der Waals surface area contributed by atoms with Crippen LogP contribution in [-0.2, 0) is 0 Å². The predicted octanol–water partition coefficient (Wildman–Crippen LogP) is 11.4. The van der Waals surface area contributed by atoms with Gasteiger partial charge >= 0.3 is 0 Å². The van der Waals surface area contributed by atoms with Gasteiger partial charge in [0.15, 0.2) is 0 Å². The second kappa shape index (κ2) is 11.5. The van der Waals surface area contributed by atoms with Crippen LogP contribution in [0.2, 0.25) is 0 Å². The molecule has 7 rings (SSSR count). The summed E-state index contributed by atoms with van der Waals surface area (Å²) >= 11 is 0. The van der Waals surface area contributed by atoms with Crippen molar-refractivity contribution in [3.63, 3.8) is 0 Å². The van der Waals surface area contributed by atoms with Gasteiger partial charge in [0.2, 0.25) is 0 Å². The van der Waals surface area contributed by atoms with E-state index in [1.165, 1.54) is 21.9 Å². The van der Waals surface area contributed by atoms with Crippen LogP contribution in [0, 0.1) is 0 Å². The van der Waals surface area contributed by atoms with Gasteiger partial charge in [-0.25, -0.2) is 0 Å². The molecule has 0 radical (unpaired) electrons. The minimum Gasteiger partial charge on any atom is -0.311 e. The van der Waals surface area contributed by atoms with E-state index in [2.05, 4.69) is 192 Å². The van der Waals surface area contributed by atoms with Crippen LogP contribution in [0.4, 0.5) is 34.1 Å². The van der Waals surface area contributed by atoms with Gasteiger partial charge in [-0.1, -0.05) is 103 Å². The van der Waals surface area contributed by atoms with Crippen molar-refractivity contribution < 1.29 is 0 Å². The van der Waals surface area contributed by atoms with Gasteiger partial charge in [-0.2, -0.15) is 0 Å². The molecular formula is C40H30N2. The molecule has 0 unspecified atom stereocenters. The minimum atomic E-state index is 1.13. The van der Waals surface area contributed by atoms with E-state index in [0.717, 1.165) is 34.1 Å². The van der Waals surface area contributed by atoms with E-state index < -0.39 is 0 Å². The van der Waals surface area contributed by atoms with Crippen LogP contribution in [0.1, 0.15) is 0 Å². The van der Waals surface area contributed by atoms with Crippen molar-refractivity contribution in [3.8, 4) is 11.1 Å². The lowest BCUT2D eigenvalue weighted by molar-refractivity contribution is 1.28. The van der Waals surface area contributed by atoms with Gasteiger partial charge in [0, 0.05) is 34.1 Å². The largest absolute Gasteiger partial charge is 0.311 e. The minimum absolute atomic E-state index is 1.13. The molecule has 42 heavy (non-hydrogen) atoms. The Morgan fingerprint density at radius 3 is 1.07 bits per heavy atom. The first-order chi connectivity index (χ1) is 20.8. The third-order valence-electron chi connectivity index (χ3n) is 7.60. The molecule has 0 heterocycles. The second-order valence-electron chi connectivity index (χ2n) is 10.3. The number of rotatable bonds is 7. The van der Waals surface area contributed by atoms with Crippen molar-refractivity contribution in [2.45, 2.75) is 0 Å². The monoisotopic (exact) mass is 538 g/mol. The van der Waals surface area contributed by atoms with Crippen LogP contribution in [0.5, 0.6) is 0 Å². The Labute approximate surface area is 247 Å². The van der Waals surface area contributed by atoms with E-state index in [1.54, 1.807) is 0 Å². The Balaban J connectivity index is 1.25. The third kappa shape index (κ3) is 5.14. The molecule has 0 bridgehead atoms. The molecule has 2 heteroatoms. The first kappa shape index (κ1) is 25.4. The summed E-state index contributed by atoms with van der Waals surface area (Å²) in [6, 6.07) is 64.5. The van der Waals surface area contributed by atoms with Crippen LogP contribution < -0.4 is 9.80 Å². The maximum Gasteiger partial charge on any atom is 0.0468 e. The number of para-hydroxylation sites is 4. The number of anilines is 6. The molecule has 2 nitrogen and oxygen atoms in total. The van der Waals surface area contributed by atoms with Gasteiger partial charge in [0.25, 0.3) is 0 Å². The number of hydrogen-bond donors (Lipinski definition) is 0. The lowest BCUT2D eigenvalue weighted by Gasteiger charge is -2.26. The van der Waals surface area contributed by atoms with Crippen molar-refractivity contribution in [1.82, 2.24) is 0 Å². The van der Waals surface area contributed by atoms with Crippen molar-refractivity contribution >= 4 is 44.9 Å². The molecular weight excluding hydrogens is 508 g/mol. The van der Waals surface area contributed by atoms with E-state index in [-0.39, 0.29) is 0 Å². The first-order valence-corrected chi connectivity index (χ1v) is 14.3. The van der Waals surface area contributed by atoms with Gasteiger partial charge in [-0.3, -0.25) is 0 Å². The molecule has 0 saturated carbocycles. The van der Waals surface area contributed by atoms with E-state index >= 15 is 0 Å². The van der Waals surface area contributed by atoms with Crippen molar-refractivity contribution in [1.29, 1.82) is 0 Å². The average Bonchev–Trinajstić information content (AvgIpc) is 3.07. The zero-order chi connectivity index (χ0) is 28.1. The van der Waals surface area contributed by atoms with Gasteiger partial charge in [0.05, 0.1) is 0 Å². The van der Waals surface area contributed by atoms with Crippen molar-refractivity contribution in [2.24, 2.45) is 0 Å². The molecule has 0 aliphatic carbocycles. The molecule has 0 atom stereocenters. The van der Waals surface area contributed by atoms with Crippen LogP contribution >= 0.6 is 0 Å². The highest BCUT2D eigenvalue weighted by molar-refractivity contribution is 5.92. The smallest absolute Gasteiger partial charge is 0.0468 e. The molecule has 0 aliphatic rings. The Hall–Kier alpha value is -5.60. The highest BCUT2D eigenvalue weighted by Crippen LogP contribution is 2.38. The summed E-state index contributed by atoms with van der Waals surface area (Å²) in [5.74, 6) is 0. The molecule has 7 aromatic carbocycles. The maximum atomic E-state index is 2.31. The normalized spacial score (nSPS) is 10.9. The summed E-state index contributed by atoms with van der Waals surface area (Å²) in [5, 5.41) is 2.43. The Kier molecular flexibility index (Phi) is 6.94. The fourth-order valence-corrected chi connectivity index (χ4v) is 5.56. The summed E-state index contributed by atoms with van der Waals surface area (Å²) < 4.78 is 0. The lowest BCUT2D eigenvalue weighted by Crippen LogP contribution is -2.09. The zero-order valence-electron chi connectivity index (χ0n) is 23.2. The molecule has 0 N–H and O–H groups in total. The summed E-state index contributed by atoms with van der Waals surface area (Å²) in [6.07, 6.45) is 0. The van der Waals surface area contributed by atoms with Crippen LogP contribution in [0.3, 0.4) is 0 Å². The topological polar surface area (TPSA) is 6.48 Å². The third-order valence-corrected chi connectivity index (χ3v) is 7.60. The maximum absolute atomic E-state index is 2.31. The van der Waals surface area contributed by atoms with Crippen LogP contribution in [-0.4, -0.2) is 0 Å². The van der Waals surface area contributed by atoms with Gasteiger partial charge in [0.1, 0.15) is 0 Å². The van der Waals surface area contributed by atoms with Gasteiger partial charge < -0.3 is 9.80 Å². The number of hydrogen-bond acceptors (Lipinski definition) is 2. The summed E-state index contributed by atoms with van der Waals surface area (Å²) in [7, 11) is 0. The van der Waals surface area contributed by atoms with Crippen LogP contribution in [0.25, 0.3) is 21.9 Å². The van der Waals surface area contributed by atoms with E-state index in [1.807, 2.05) is 0 Å². The SMILES string of the molecule is c1ccc(N(c2ccccc2)c2ccc(-c3ccc4ccc(N(c5ccccc5)c5ccccc5)cc4c3)cc2)cc1. The lowest BCUT2D eigenvalue weighted by atomic mass is 10.00. The second-order valence-corrected chi connectivity index (χ2v) is 10.3. The number of fused-ring (bicyclic) bond motifs is 1. The molecule has 0 saturated heterocycles. The highest BCUT2D eigenvalue weighted by atomic mass is 15.1. The quantitative estimate of drug-likeness (QED) is 0.199. The first-order valence-electron chi connectivity index (χ1n) is 14.3. The molecule has 0 aliphatic heterocycles. The Morgan fingerprint density at radius 2 is 0.595 bits per heavy atom. The van der Waals surface area contributed by atoms with Gasteiger partial charge in [-0.15, -0.1) is 0 Å². The summed E-state index contributed by atoms with van der Waals surface area (Å²) in [5.41, 5.74) is 9.19.